The highest BCUT2D eigenvalue weighted by molar-refractivity contribution is 9.10. The van der Waals surface area contributed by atoms with Gasteiger partial charge in [0.1, 0.15) is 5.82 Å². The summed E-state index contributed by atoms with van der Waals surface area (Å²) in [6.45, 7) is 0. The third kappa shape index (κ3) is 2.51. The van der Waals surface area contributed by atoms with Crippen LogP contribution in [0.3, 0.4) is 0 Å². The zero-order valence-electron chi connectivity index (χ0n) is 8.36. The number of hydrogen-bond donors (Lipinski definition) is 1. The second-order valence-electron chi connectivity index (χ2n) is 3.49. The maximum Gasteiger partial charge on any atom is 0.126 e. The molecule has 1 heterocycles. The Balaban J connectivity index is 2.17. The molecule has 0 fully saturated rings. The molecular weight excluding hydrogens is 291 g/mol. The molecule has 1 aromatic heterocycles. The van der Waals surface area contributed by atoms with Crippen molar-refractivity contribution in [2.45, 2.75) is 12.5 Å². The van der Waals surface area contributed by atoms with Gasteiger partial charge in [0, 0.05) is 21.8 Å². The summed E-state index contributed by atoms with van der Waals surface area (Å²) >= 11 is 4.86. The number of rotatable bonds is 3. The number of hydrogen-bond acceptors (Lipinski definition) is 2. The van der Waals surface area contributed by atoms with Crippen LogP contribution < -0.4 is 0 Å². The first-order chi connectivity index (χ1) is 7.68. The van der Waals surface area contributed by atoms with E-state index < -0.39 is 6.10 Å². The molecule has 0 spiro atoms. The van der Waals surface area contributed by atoms with Gasteiger partial charge in [0.2, 0.25) is 0 Å². The quantitative estimate of drug-likeness (QED) is 0.911. The normalized spacial score (nSPS) is 12.7. The molecule has 2 aromatic rings. The predicted octanol–water partition coefficient (Wildman–Crippen LogP) is 3.93. The molecule has 0 amide bonds. The van der Waals surface area contributed by atoms with Gasteiger partial charge in [-0.1, -0.05) is 18.2 Å². The summed E-state index contributed by atoms with van der Waals surface area (Å²) in [5.74, 6) is -0.270. The fraction of sp³-hybridized carbons (Fsp3) is 0.167. The van der Waals surface area contributed by atoms with Gasteiger partial charge in [-0.25, -0.2) is 4.39 Å². The largest absolute Gasteiger partial charge is 0.388 e. The molecule has 1 N–H and O–H groups in total. The fourth-order valence-electron chi connectivity index (χ4n) is 1.51. The Hall–Kier alpha value is -0.710. The maximum atomic E-state index is 13.4. The molecule has 0 aliphatic carbocycles. The van der Waals surface area contributed by atoms with Gasteiger partial charge in [0.25, 0.3) is 0 Å². The molecule has 1 nitrogen and oxygen atoms in total. The van der Waals surface area contributed by atoms with E-state index in [0.29, 0.717) is 12.0 Å². The van der Waals surface area contributed by atoms with E-state index in [1.165, 1.54) is 17.4 Å². The van der Waals surface area contributed by atoms with Gasteiger partial charge in [-0.05, 0) is 32.9 Å². The average molecular weight is 301 g/mol. The number of halogens is 2. The second-order valence-corrected chi connectivity index (χ2v) is 5.08. The first-order valence-electron chi connectivity index (χ1n) is 4.81. The van der Waals surface area contributed by atoms with E-state index in [0.717, 1.165) is 10.0 Å². The Morgan fingerprint density at radius 2 is 2.06 bits per heavy atom. The number of aliphatic hydroxyl groups is 1. The third-order valence-corrected chi connectivity index (χ3v) is 4.12. The predicted molar refractivity (Wildman–Crippen MR) is 67.1 cm³/mol. The lowest BCUT2D eigenvalue weighted by Crippen LogP contribution is -2.02. The smallest absolute Gasteiger partial charge is 0.126 e. The Bertz CT molecular complexity index is 483. The van der Waals surface area contributed by atoms with Crippen molar-refractivity contribution >= 4 is 27.3 Å². The minimum Gasteiger partial charge on any atom is -0.388 e. The van der Waals surface area contributed by atoms with Crippen LogP contribution in [0.2, 0.25) is 0 Å². The molecule has 1 unspecified atom stereocenters. The number of thiophene rings is 1. The summed E-state index contributed by atoms with van der Waals surface area (Å²) in [6, 6.07) is 6.52. The molecule has 0 saturated heterocycles. The van der Waals surface area contributed by atoms with E-state index in [-0.39, 0.29) is 5.82 Å². The van der Waals surface area contributed by atoms with Gasteiger partial charge in [0.15, 0.2) is 0 Å². The van der Waals surface area contributed by atoms with Crippen molar-refractivity contribution in [2.75, 3.05) is 0 Å². The van der Waals surface area contributed by atoms with Crippen molar-refractivity contribution in [3.05, 3.63) is 56.4 Å². The van der Waals surface area contributed by atoms with Crippen molar-refractivity contribution in [1.82, 2.24) is 0 Å². The molecule has 4 heteroatoms. The van der Waals surface area contributed by atoms with Gasteiger partial charge in [-0.3, -0.25) is 0 Å². The van der Waals surface area contributed by atoms with Gasteiger partial charge >= 0.3 is 0 Å². The highest BCUT2D eigenvalue weighted by Crippen LogP contribution is 2.29. The van der Waals surface area contributed by atoms with E-state index in [2.05, 4.69) is 15.9 Å². The lowest BCUT2D eigenvalue weighted by molar-refractivity contribution is 0.177. The summed E-state index contributed by atoms with van der Waals surface area (Å²) in [6.07, 6.45) is -0.375. The second kappa shape index (κ2) is 5.08. The van der Waals surface area contributed by atoms with Crippen molar-refractivity contribution in [1.29, 1.82) is 0 Å². The topological polar surface area (TPSA) is 20.2 Å². The summed E-state index contributed by atoms with van der Waals surface area (Å²) in [7, 11) is 0. The zero-order chi connectivity index (χ0) is 11.5. The first kappa shape index (κ1) is 11.8. The van der Waals surface area contributed by atoms with E-state index >= 15 is 0 Å². The van der Waals surface area contributed by atoms with E-state index in [9.17, 15) is 9.50 Å². The van der Waals surface area contributed by atoms with Crippen LogP contribution in [0.4, 0.5) is 4.39 Å². The summed E-state index contributed by atoms with van der Waals surface area (Å²) < 4.78 is 14.2. The van der Waals surface area contributed by atoms with Crippen LogP contribution in [-0.2, 0) is 6.42 Å². The van der Waals surface area contributed by atoms with E-state index in [1.807, 2.05) is 10.8 Å². The first-order valence-corrected chi connectivity index (χ1v) is 6.55. The van der Waals surface area contributed by atoms with Crippen LogP contribution in [0.1, 0.15) is 17.2 Å². The Morgan fingerprint density at radius 1 is 1.31 bits per heavy atom. The van der Waals surface area contributed by atoms with Crippen molar-refractivity contribution in [2.24, 2.45) is 0 Å². The van der Waals surface area contributed by atoms with Gasteiger partial charge in [-0.2, -0.15) is 11.3 Å². The van der Waals surface area contributed by atoms with E-state index in [4.69, 9.17) is 0 Å². The Morgan fingerprint density at radius 3 is 2.69 bits per heavy atom. The average Bonchev–Trinajstić information content (AvgIpc) is 2.68. The van der Waals surface area contributed by atoms with E-state index in [1.54, 1.807) is 18.2 Å². The SMILES string of the molecule is OC(Cc1ccccc1F)c1cscc1Br. The van der Waals surface area contributed by atoms with Crippen LogP contribution in [-0.4, -0.2) is 5.11 Å². The molecule has 0 saturated carbocycles. The monoisotopic (exact) mass is 300 g/mol. The lowest BCUT2D eigenvalue weighted by atomic mass is 10.0. The van der Waals surface area contributed by atoms with Gasteiger partial charge in [-0.15, -0.1) is 0 Å². The maximum absolute atomic E-state index is 13.4. The molecule has 1 aromatic carbocycles. The molecule has 2 rings (SSSR count). The van der Waals surface area contributed by atoms with Crippen LogP contribution in [0, 0.1) is 5.82 Å². The van der Waals surface area contributed by atoms with Crippen molar-refractivity contribution in [3.63, 3.8) is 0 Å². The highest BCUT2D eigenvalue weighted by atomic mass is 79.9. The Labute approximate surface area is 106 Å². The molecule has 0 radical (unpaired) electrons. The number of benzene rings is 1. The summed E-state index contributed by atoms with van der Waals surface area (Å²) in [5.41, 5.74) is 1.35. The molecule has 1 atom stereocenters. The molecule has 0 aliphatic heterocycles. The Kier molecular flexibility index (Phi) is 3.74. The van der Waals surface area contributed by atoms with Gasteiger partial charge < -0.3 is 5.11 Å². The molecule has 84 valence electrons. The molecule has 0 bridgehead atoms. The zero-order valence-corrected chi connectivity index (χ0v) is 10.8. The van der Waals surface area contributed by atoms with Crippen LogP contribution in [0.25, 0.3) is 0 Å². The summed E-state index contributed by atoms with van der Waals surface area (Å²) in [5, 5.41) is 13.8. The van der Waals surface area contributed by atoms with Gasteiger partial charge in [0.05, 0.1) is 6.10 Å². The lowest BCUT2D eigenvalue weighted by Gasteiger charge is -2.10. The third-order valence-electron chi connectivity index (χ3n) is 2.37. The van der Waals surface area contributed by atoms with Crippen molar-refractivity contribution in [3.8, 4) is 0 Å². The minimum atomic E-state index is -0.669. The standard InChI is InChI=1S/C12H10BrFOS/c13-10-7-16-6-9(10)12(15)5-8-3-1-2-4-11(8)14/h1-4,6-7,12,15H,5H2. The van der Waals surface area contributed by atoms with Crippen molar-refractivity contribution < 1.29 is 9.50 Å². The molecular formula is C12H10BrFOS. The highest BCUT2D eigenvalue weighted by Gasteiger charge is 2.14. The molecule has 16 heavy (non-hydrogen) atoms. The number of aliphatic hydroxyl groups excluding tert-OH is 1. The van der Waals surface area contributed by atoms with Crippen LogP contribution >= 0.6 is 27.3 Å². The summed E-state index contributed by atoms with van der Waals surface area (Å²) in [4.78, 5) is 0. The van der Waals surface area contributed by atoms with Crippen LogP contribution in [0.15, 0.2) is 39.5 Å². The van der Waals surface area contributed by atoms with Crippen LogP contribution in [0.5, 0.6) is 0 Å². The minimum absolute atomic E-state index is 0.270. The molecule has 0 aliphatic rings. The fourth-order valence-corrected chi connectivity index (χ4v) is 3.12.